The van der Waals surface area contributed by atoms with Gasteiger partial charge in [-0.2, -0.15) is 0 Å². The molecule has 0 amide bonds. The largest absolute Gasteiger partial charge is 0.512 e. The molecule has 0 saturated carbocycles. The molecule has 0 spiro atoms. The summed E-state index contributed by atoms with van der Waals surface area (Å²) in [5, 5.41) is 17.9. The second-order valence-electron chi connectivity index (χ2n) is 3.48. The Morgan fingerprint density at radius 1 is 1.77 bits per heavy atom. The zero-order valence-electron chi connectivity index (χ0n) is 7.60. The van der Waals surface area contributed by atoms with Gasteiger partial charge in [0.15, 0.2) is 0 Å². The quantitative estimate of drug-likeness (QED) is 0.702. The van der Waals surface area contributed by atoms with Crippen LogP contribution in [-0.2, 0) is 4.79 Å². The van der Waals surface area contributed by atoms with E-state index in [1.807, 2.05) is 6.08 Å². The van der Waals surface area contributed by atoms with Crippen molar-refractivity contribution in [2.24, 2.45) is 11.8 Å². The molecule has 2 atom stereocenters. The molecule has 1 unspecified atom stereocenters. The SMILES string of the molecule is C[C@@H](CC1C=CC=C(O)C1)C(=O)O. The molecule has 0 heterocycles. The number of carboxylic acids is 1. The number of aliphatic hydroxyl groups is 1. The minimum Gasteiger partial charge on any atom is -0.512 e. The number of rotatable bonds is 3. The first-order valence-corrected chi connectivity index (χ1v) is 4.38. The van der Waals surface area contributed by atoms with E-state index < -0.39 is 5.97 Å². The Hall–Kier alpha value is -1.25. The van der Waals surface area contributed by atoms with Crippen LogP contribution in [0, 0.1) is 11.8 Å². The van der Waals surface area contributed by atoms with Crippen molar-refractivity contribution in [3.05, 3.63) is 24.0 Å². The highest BCUT2D eigenvalue weighted by Crippen LogP contribution is 2.23. The molecule has 0 aromatic rings. The number of allylic oxidation sites excluding steroid dienone is 4. The summed E-state index contributed by atoms with van der Waals surface area (Å²) in [5.74, 6) is -0.621. The lowest BCUT2D eigenvalue weighted by Crippen LogP contribution is -2.15. The van der Waals surface area contributed by atoms with E-state index >= 15 is 0 Å². The number of carbonyl (C=O) groups is 1. The van der Waals surface area contributed by atoms with Gasteiger partial charge < -0.3 is 10.2 Å². The zero-order chi connectivity index (χ0) is 9.84. The predicted octanol–water partition coefficient (Wildman–Crippen LogP) is 2.12. The molecule has 0 aromatic heterocycles. The predicted molar refractivity (Wildman–Crippen MR) is 49.4 cm³/mol. The molecule has 1 aliphatic carbocycles. The molecule has 72 valence electrons. The Kier molecular flexibility index (Phi) is 3.12. The Bertz CT molecular complexity index is 253. The van der Waals surface area contributed by atoms with Crippen molar-refractivity contribution in [1.82, 2.24) is 0 Å². The van der Waals surface area contributed by atoms with Gasteiger partial charge in [0.2, 0.25) is 0 Å². The fourth-order valence-electron chi connectivity index (χ4n) is 1.45. The number of aliphatic carboxylic acids is 1. The van der Waals surface area contributed by atoms with Crippen molar-refractivity contribution >= 4 is 5.97 Å². The van der Waals surface area contributed by atoms with E-state index in [9.17, 15) is 9.90 Å². The highest BCUT2D eigenvalue weighted by Gasteiger charge is 2.18. The van der Waals surface area contributed by atoms with Gasteiger partial charge >= 0.3 is 5.97 Å². The van der Waals surface area contributed by atoms with E-state index in [0.29, 0.717) is 18.6 Å². The minimum absolute atomic E-state index is 0.163. The molecule has 3 nitrogen and oxygen atoms in total. The maximum atomic E-state index is 10.6. The van der Waals surface area contributed by atoms with Crippen LogP contribution >= 0.6 is 0 Å². The van der Waals surface area contributed by atoms with Crippen LogP contribution in [0.15, 0.2) is 24.0 Å². The van der Waals surface area contributed by atoms with Crippen molar-refractivity contribution in [2.75, 3.05) is 0 Å². The van der Waals surface area contributed by atoms with E-state index in [1.54, 1.807) is 19.1 Å². The first kappa shape index (κ1) is 9.84. The summed E-state index contributed by atoms with van der Waals surface area (Å²) in [7, 11) is 0. The van der Waals surface area contributed by atoms with Gasteiger partial charge in [-0.05, 0) is 18.4 Å². The number of hydrogen-bond acceptors (Lipinski definition) is 2. The molecule has 1 rings (SSSR count). The van der Waals surface area contributed by atoms with Crippen LogP contribution in [0.3, 0.4) is 0 Å². The second-order valence-corrected chi connectivity index (χ2v) is 3.48. The lowest BCUT2D eigenvalue weighted by Gasteiger charge is -2.17. The first-order valence-electron chi connectivity index (χ1n) is 4.38. The molecule has 1 aliphatic rings. The lowest BCUT2D eigenvalue weighted by molar-refractivity contribution is -0.141. The zero-order valence-corrected chi connectivity index (χ0v) is 7.60. The summed E-state index contributed by atoms with van der Waals surface area (Å²) in [4.78, 5) is 10.6. The summed E-state index contributed by atoms with van der Waals surface area (Å²) in [6.45, 7) is 1.69. The van der Waals surface area contributed by atoms with Gasteiger partial charge in [0.05, 0.1) is 11.7 Å². The smallest absolute Gasteiger partial charge is 0.306 e. The molecular formula is C10H14O3. The summed E-state index contributed by atoms with van der Waals surface area (Å²) in [6.07, 6.45) is 6.51. The molecule has 0 fully saturated rings. The van der Waals surface area contributed by atoms with E-state index in [2.05, 4.69) is 0 Å². The first-order chi connectivity index (χ1) is 6.09. The van der Waals surface area contributed by atoms with Crippen LogP contribution in [-0.4, -0.2) is 16.2 Å². The highest BCUT2D eigenvalue weighted by molar-refractivity contribution is 5.69. The standard InChI is InChI=1S/C10H14O3/c1-7(10(12)13)5-8-3-2-4-9(11)6-8/h2-4,7-8,11H,5-6H2,1H3,(H,12,13)/t7-,8?/m0/s1. The lowest BCUT2D eigenvalue weighted by atomic mass is 9.90. The van der Waals surface area contributed by atoms with Crippen molar-refractivity contribution in [2.45, 2.75) is 19.8 Å². The Morgan fingerprint density at radius 2 is 2.46 bits per heavy atom. The molecule has 13 heavy (non-hydrogen) atoms. The summed E-state index contributed by atoms with van der Waals surface area (Å²) in [6, 6.07) is 0. The topological polar surface area (TPSA) is 57.5 Å². The maximum absolute atomic E-state index is 10.6. The molecule has 0 aromatic carbocycles. The van der Waals surface area contributed by atoms with Crippen LogP contribution in [0.25, 0.3) is 0 Å². The fourth-order valence-corrected chi connectivity index (χ4v) is 1.45. The van der Waals surface area contributed by atoms with Crippen LogP contribution in [0.2, 0.25) is 0 Å². The van der Waals surface area contributed by atoms with Crippen LogP contribution < -0.4 is 0 Å². The third-order valence-electron chi connectivity index (χ3n) is 2.22. The van der Waals surface area contributed by atoms with E-state index in [0.717, 1.165) is 0 Å². The normalized spacial score (nSPS) is 23.8. The maximum Gasteiger partial charge on any atom is 0.306 e. The van der Waals surface area contributed by atoms with Crippen LogP contribution in [0.1, 0.15) is 19.8 Å². The monoisotopic (exact) mass is 182 g/mol. The van der Waals surface area contributed by atoms with Gasteiger partial charge in [-0.15, -0.1) is 0 Å². The Morgan fingerprint density at radius 3 is 3.00 bits per heavy atom. The molecule has 0 aliphatic heterocycles. The molecule has 0 bridgehead atoms. The third-order valence-corrected chi connectivity index (χ3v) is 2.22. The molecule has 3 heteroatoms. The number of aliphatic hydroxyl groups excluding tert-OH is 1. The van der Waals surface area contributed by atoms with Gasteiger partial charge in [-0.3, -0.25) is 4.79 Å². The van der Waals surface area contributed by atoms with E-state index in [-0.39, 0.29) is 11.8 Å². The minimum atomic E-state index is -0.776. The molecule has 2 N–H and O–H groups in total. The van der Waals surface area contributed by atoms with E-state index in [1.165, 1.54) is 0 Å². The highest BCUT2D eigenvalue weighted by atomic mass is 16.4. The summed E-state index contributed by atoms with van der Waals surface area (Å²) >= 11 is 0. The van der Waals surface area contributed by atoms with Gasteiger partial charge in [-0.1, -0.05) is 19.1 Å². The summed E-state index contributed by atoms with van der Waals surface area (Å²) < 4.78 is 0. The van der Waals surface area contributed by atoms with Crippen molar-refractivity contribution in [1.29, 1.82) is 0 Å². The van der Waals surface area contributed by atoms with Crippen molar-refractivity contribution in [3.8, 4) is 0 Å². The Balaban J connectivity index is 2.44. The van der Waals surface area contributed by atoms with E-state index in [4.69, 9.17) is 5.11 Å². The average molecular weight is 182 g/mol. The third kappa shape index (κ3) is 2.93. The van der Waals surface area contributed by atoms with Crippen molar-refractivity contribution in [3.63, 3.8) is 0 Å². The molecule has 0 radical (unpaired) electrons. The fraction of sp³-hybridized carbons (Fsp3) is 0.500. The van der Waals surface area contributed by atoms with Gasteiger partial charge in [0, 0.05) is 6.42 Å². The molecule has 0 saturated heterocycles. The second kappa shape index (κ2) is 4.12. The molecular weight excluding hydrogens is 168 g/mol. The Labute approximate surface area is 77.4 Å². The summed E-state index contributed by atoms with van der Waals surface area (Å²) in [5.41, 5.74) is 0. The van der Waals surface area contributed by atoms with Crippen LogP contribution in [0.5, 0.6) is 0 Å². The number of carboxylic acid groups (broad SMARTS) is 1. The van der Waals surface area contributed by atoms with Crippen molar-refractivity contribution < 1.29 is 15.0 Å². The van der Waals surface area contributed by atoms with Gasteiger partial charge in [0.25, 0.3) is 0 Å². The van der Waals surface area contributed by atoms with Gasteiger partial charge in [-0.25, -0.2) is 0 Å². The average Bonchev–Trinajstić information content (AvgIpc) is 2.04. The van der Waals surface area contributed by atoms with Crippen LogP contribution in [0.4, 0.5) is 0 Å². The number of hydrogen-bond donors (Lipinski definition) is 2. The van der Waals surface area contributed by atoms with Gasteiger partial charge in [0.1, 0.15) is 0 Å².